The van der Waals surface area contributed by atoms with E-state index in [1.54, 1.807) is 0 Å². The van der Waals surface area contributed by atoms with E-state index in [1.165, 1.54) is 12.1 Å². The molecule has 19 heavy (non-hydrogen) atoms. The second-order valence-corrected chi connectivity index (χ2v) is 6.43. The molecule has 0 amide bonds. The minimum Gasteiger partial charge on any atom is -0.398 e. The van der Waals surface area contributed by atoms with Crippen molar-refractivity contribution in [3.63, 3.8) is 0 Å². The Kier molecular flexibility index (Phi) is 4.07. The predicted molar refractivity (Wildman–Crippen MR) is 69.4 cm³/mol. The van der Waals surface area contributed by atoms with Gasteiger partial charge in [-0.25, -0.2) is 12.8 Å². The molecular weight excluding hydrogens is 271 g/mol. The van der Waals surface area contributed by atoms with Crippen LogP contribution in [0.5, 0.6) is 0 Å². The summed E-state index contributed by atoms with van der Waals surface area (Å²) in [5.41, 5.74) is 5.48. The second-order valence-electron chi connectivity index (χ2n) is 4.61. The number of nitrogen functional groups attached to an aromatic ring is 1. The van der Waals surface area contributed by atoms with Crippen molar-refractivity contribution < 1.29 is 17.9 Å². The van der Waals surface area contributed by atoms with Crippen LogP contribution in [-0.4, -0.2) is 37.0 Å². The molecule has 1 saturated heterocycles. The van der Waals surface area contributed by atoms with E-state index in [0.29, 0.717) is 12.8 Å². The van der Waals surface area contributed by atoms with E-state index < -0.39 is 26.8 Å². The van der Waals surface area contributed by atoms with E-state index in [0.717, 1.165) is 16.8 Å². The summed E-state index contributed by atoms with van der Waals surface area (Å²) in [4.78, 5) is -0.490. The Hall–Kier alpha value is -1.18. The van der Waals surface area contributed by atoms with Crippen LogP contribution in [-0.2, 0) is 10.0 Å². The number of anilines is 1. The lowest BCUT2D eigenvalue weighted by molar-refractivity contribution is 0.155. The molecular formula is C12H17FN2O3S. The molecule has 0 aromatic heterocycles. The summed E-state index contributed by atoms with van der Waals surface area (Å²) in [7, 11) is -4.01. The van der Waals surface area contributed by atoms with Gasteiger partial charge in [-0.05, 0) is 25.0 Å². The molecule has 0 aliphatic carbocycles. The summed E-state index contributed by atoms with van der Waals surface area (Å²) in [5.74, 6) is -0.859. The summed E-state index contributed by atoms with van der Waals surface area (Å²) in [6.45, 7) is 0.00885. The van der Waals surface area contributed by atoms with Crippen LogP contribution in [0.1, 0.15) is 19.3 Å². The first-order valence-electron chi connectivity index (χ1n) is 6.15. The van der Waals surface area contributed by atoms with Crippen molar-refractivity contribution in [2.45, 2.75) is 30.2 Å². The van der Waals surface area contributed by atoms with E-state index in [9.17, 15) is 17.9 Å². The topological polar surface area (TPSA) is 83.6 Å². The molecule has 1 aliphatic heterocycles. The molecule has 106 valence electrons. The van der Waals surface area contributed by atoms with Gasteiger partial charge in [-0.1, -0.05) is 12.5 Å². The molecule has 1 aromatic rings. The highest BCUT2D eigenvalue weighted by Crippen LogP contribution is 2.29. The lowest BCUT2D eigenvalue weighted by Gasteiger charge is -2.33. The van der Waals surface area contributed by atoms with E-state index in [1.807, 2.05) is 0 Å². The maximum atomic E-state index is 13.8. The number of aliphatic hydroxyl groups excluding tert-OH is 1. The molecule has 1 atom stereocenters. The predicted octanol–water partition coefficient (Wildman–Crippen LogP) is 0.943. The number of halogens is 1. The molecule has 1 heterocycles. The molecule has 3 N–H and O–H groups in total. The maximum absolute atomic E-state index is 13.8. The van der Waals surface area contributed by atoms with Gasteiger partial charge in [0.2, 0.25) is 10.0 Å². The number of sulfonamides is 1. The minimum absolute atomic E-state index is 0.109. The highest BCUT2D eigenvalue weighted by Gasteiger charge is 2.35. The van der Waals surface area contributed by atoms with Gasteiger partial charge in [-0.3, -0.25) is 0 Å². The summed E-state index contributed by atoms with van der Waals surface area (Å²) in [5, 5.41) is 9.28. The van der Waals surface area contributed by atoms with Crippen molar-refractivity contribution in [2.75, 3.05) is 18.9 Å². The van der Waals surface area contributed by atoms with Crippen LogP contribution in [0.2, 0.25) is 0 Å². The Morgan fingerprint density at radius 2 is 2.16 bits per heavy atom. The normalized spacial score (nSPS) is 21.5. The SMILES string of the molecule is Nc1cccc(F)c1S(=O)(=O)N1CCCCC1CO. The van der Waals surface area contributed by atoms with Crippen LogP contribution in [0.4, 0.5) is 10.1 Å². The smallest absolute Gasteiger partial charge is 0.248 e. The first kappa shape index (κ1) is 14.2. The second kappa shape index (κ2) is 5.44. The third-order valence-corrected chi connectivity index (χ3v) is 5.39. The number of hydrogen-bond donors (Lipinski definition) is 2. The quantitative estimate of drug-likeness (QED) is 0.811. The summed E-state index contributed by atoms with van der Waals surface area (Å²) in [6, 6.07) is 3.29. The molecule has 1 aliphatic rings. The average Bonchev–Trinajstić information content (AvgIpc) is 2.38. The summed E-state index contributed by atoms with van der Waals surface area (Å²) in [6.07, 6.45) is 2.12. The van der Waals surface area contributed by atoms with Crippen LogP contribution < -0.4 is 5.73 Å². The van der Waals surface area contributed by atoms with Gasteiger partial charge < -0.3 is 10.8 Å². The van der Waals surface area contributed by atoms with Crippen LogP contribution in [0.3, 0.4) is 0 Å². The van der Waals surface area contributed by atoms with Gasteiger partial charge >= 0.3 is 0 Å². The van der Waals surface area contributed by atoms with E-state index >= 15 is 0 Å². The fourth-order valence-electron chi connectivity index (χ4n) is 2.39. The Balaban J connectivity index is 2.47. The Labute approximate surface area is 111 Å². The third kappa shape index (κ3) is 2.58. The molecule has 5 nitrogen and oxygen atoms in total. The summed E-state index contributed by atoms with van der Waals surface area (Å²) < 4.78 is 39.9. The minimum atomic E-state index is -4.01. The van der Waals surface area contributed by atoms with Crippen LogP contribution >= 0.6 is 0 Å². The van der Waals surface area contributed by atoms with Crippen molar-refractivity contribution >= 4 is 15.7 Å². The van der Waals surface area contributed by atoms with Gasteiger partial charge in [0, 0.05) is 12.6 Å². The van der Waals surface area contributed by atoms with Crippen molar-refractivity contribution in [2.24, 2.45) is 0 Å². The molecule has 1 fully saturated rings. The number of piperidine rings is 1. The molecule has 0 saturated carbocycles. The van der Waals surface area contributed by atoms with Crippen LogP contribution in [0, 0.1) is 5.82 Å². The highest BCUT2D eigenvalue weighted by molar-refractivity contribution is 7.89. The lowest BCUT2D eigenvalue weighted by Crippen LogP contribution is -2.45. The average molecular weight is 288 g/mol. The number of rotatable bonds is 3. The Morgan fingerprint density at radius 3 is 2.79 bits per heavy atom. The fraction of sp³-hybridized carbons (Fsp3) is 0.500. The van der Waals surface area contributed by atoms with Crippen molar-refractivity contribution in [1.82, 2.24) is 4.31 Å². The van der Waals surface area contributed by atoms with Gasteiger partial charge in [0.05, 0.1) is 12.3 Å². The van der Waals surface area contributed by atoms with Gasteiger partial charge in [0.25, 0.3) is 0 Å². The first-order chi connectivity index (χ1) is 8.98. The Bertz CT molecular complexity index is 542. The van der Waals surface area contributed by atoms with Crippen molar-refractivity contribution in [3.05, 3.63) is 24.0 Å². The standard InChI is InChI=1S/C12H17FN2O3S/c13-10-5-3-6-11(14)12(10)19(17,18)15-7-2-1-4-9(15)8-16/h3,5-6,9,16H,1-2,4,7-8,14H2. The first-order valence-corrected chi connectivity index (χ1v) is 7.59. The van der Waals surface area contributed by atoms with Gasteiger partial charge in [-0.2, -0.15) is 4.31 Å². The lowest BCUT2D eigenvalue weighted by atomic mass is 10.1. The zero-order chi connectivity index (χ0) is 14.0. The number of nitrogens with two attached hydrogens (primary N) is 1. The molecule has 1 aromatic carbocycles. The molecule has 0 spiro atoms. The number of aliphatic hydroxyl groups is 1. The van der Waals surface area contributed by atoms with Crippen molar-refractivity contribution in [1.29, 1.82) is 0 Å². The van der Waals surface area contributed by atoms with Crippen LogP contribution in [0.15, 0.2) is 23.1 Å². The van der Waals surface area contributed by atoms with Gasteiger partial charge in [0.15, 0.2) is 0 Å². The molecule has 2 rings (SSSR count). The monoisotopic (exact) mass is 288 g/mol. The highest BCUT2D eigenvalue weighted by atomic mass is 32.2. The Morgan fingerprint density at radius 1 is 1.42 bits per heavy atom. The maximum Gasteiger partial charge on any atom is 0.248 e. The van der Waals surface area contributed by atoms with Gasteiger partial charge in [0.1, 0.15) is 10.7 Å². The number of nitrogens with zero attached hydrogens (tertiary/aromatic N) is 1. The van der Waals surface area contributed by atoms with Crippen LogP contribution in [0.25, 0.3) is 0 Å². The number of hydrogen-bond acceptors (Lipinski definition) is 4. The van der Waals surface area contributed by atoms with E-state index in [4.69, 9.17) is 5.73 Å². The molecule has 1 unspecified atom stereocenters. The zero-order valence-corrected chi connectivity index (χ0v) is 11.2. The number of benzene rings is 1. The van der Waals surface area contributed by atoms with Gasteiger partial charge in [-0.15, -0.1) is 0 Å². The van der Waals surface area contributed by atoms with E-state index in [-0.39, 0.29) is 18.8 Å². The third-order valence-electron chi connectivity index (χ3n) is 3.35. The van der Waals surface area contributed by atoms with E-state index in [2.05, 4.69) is 0 Å². The van der Waals surface area contributed by atoms with Crippen molar-refractivity contribution in [3.8, 4) is 0 Å². The molecule has 0 radical (unpaired) electrons. The zero-order valence-electron chi connectivity index (χ0n) is 10.4. The fourth-order valence-corrected chi connectivity index (χ4v) is 4.24. The molecule has 0 bridgehead atoms. The molecule has 7 heteroatoms. The largest absolute Gasteiger partial charge is 0.398 e. The summed E-state index contributed by atoms with van der Waals surface area (Å²) >= 11 is 0.